The number of hydrogen-bond donors (Lipinski definition) is 0. The highest BCUT2D eigenvalue weighted by Crippen LogP contribution is 2.01. The van der Waals surface area contributed by atoms with Crippen LogP contribution in [0.4, 0.5) is 0 Å². The molecule has 0 unspecified atom stereocenters. The molecule has 0 aromatic heterocycles. The van der Waals surface area contributed by atoms with Gasteiger partial charge < -0.3 is 4.90 Å². The average Bonchev–Trinajstić information content (AvgIpc) is 2.15. The van der Waals surface area contributed by atoms with Crippen LogP contribution in [0.1, 0.15) is 13.8 Å². The number of piperazine rings is 1. The number of carbonyl (C=O) groups excluding carboxylic acids is 1. The van der Waals surface area contributed by atoms with Gasteiger partial charge >= 0.3 is 0 Å². The van der Waals surface area contributed by atoms with Crippen LogP contribution in [0.3, 0.4) is 0 Å². The Labute approximate surface area is 79.7 Å². The predicted octanol–water partition coefficient (Wildman–Crippen LogP) is 0.174. The van der Waals surface area contributed by atoms with Gasteiger partial charge in [-0.05, 0) is 13.8 Å². The monoisotopic (exact) mass is 180 g/mol. The summed E-state index contributed by atoms with van der Waals surface area (Å²) in [5, 5.41) is 0. The van der Waals surface area contributed by atoms with Crippen molar-refractivity contribution in [2.24, 2.45) is 0 Å². The molecule has 0 aromatic rings. The molecule has 0 aliphatic carbocycles. The molecule has 1 fully saturated rings. The third-order valence-corrected chi connectivity index (χ3v) is 2.26. The van der Waals surface area contributed by atoms with Crippen molar-refractivity contribution in [3.8, 4) is 11.8 Å². The van der Waals surface area contributed by atoms with Gasteiger partial charge in [-0.3, -0.25) is 9.69 Å². The Kier molecular flexibility index (Phi) is 3.78. The van der Waals surface area contributed by atoms with Gasteiger partial charge in [0.05, 0.1) is 13.1 Å². The van der Waals surface area contributed by atoms with Gasteiger partial charge in [-0.25, -0.2) is 0 Å². The van der Waals surface area contributed by atoms with Gasteiger partial charge in [0.25, 0.3) is 0 Å². The largest absolute Gasteiger partial charge is 0.341 e. The molecule has 1 rings (SSSR count). The maximum absolute atomic E-state index is 11.4. The van der Waals surface area contributed by atoms with Crippen LogP contribution in [0, 0.1) is 11.8 Å². The average molecular weight is 180 g/mol. The minimum atomic E-state index is 0.228. The Morgan fingerprint density at radius 3 is 2.77 bits per heavy atom. The van der Waals surface area contributed by atoms with Crippen LogP contribution < -0.4 is 0 Å². The van der Waals surface area contributed by atoms with E-state index >= 15 is 0 Å². The molecule has 1 amide bonds. The number of amides is 1. The Morgan fingerprint density at radius 1 is 1.46 bits per heavy atom. The second-order valence-corrected chi connectivity index (χ2v) is 3.11. The van der Waals surface area contributed by atoms with Crippen molar-refractivity contribution < 1.29 is 4.79 Å². The summed E-state index contributed by atoms with van der Waals surface area (Å²) in [6.07, 6.45) is 0. The summed E-state index contributed by atoms with van der Waals surface area (Å²) in [5.74, 6) is 6.04. The Hall–Kier alpha value is -1.01. The van der Waals surface area contributed by atoms with Crippen molar-refractivity contribution in [3.63, 3.8) is 0 Å². The molecule has 1 aliphatic rings. The quantitative estimate of drug-likeness (QED) is 0.566. The summed E-state index contributed by atoms with van der Waals surface area (Å²) < 4.78 is 0. The fourth-order valence-electron chi connectivity index (χ4n) is 1.42. The molecule has 13 heavy (non-hydrogen) atoms. The van der Waals surface area contributed by atoms with E-state index in [9.17, 15) is 4.79 Å². The highest BCUT2D eigenvalue weighted by molar-refractivity contribution is 5.79. The van der Waals surface area contributed by atoms with Gasteiger partial charge in [0.15, 0.2) is 0 Å². The molecule has 72 valence electrons. The molecule has 0 radical (unpaired) electrons. The van der Waals surface area contributed by atoms with Gasteiger partial charge in [-0.2, -0.15) is 0 Å². The minimum absolute atomic E-state index is 0.228. The number of nitrogens with zero attached hydrogens (tertiary/aromatic N) is 2. The first-order chi connectivity index (χ1) is 6.27. The minimum Gasteiger partial charge on any atom is -0.341 e. The molecule has 1 saturated heterocycles. The van der Waals surface area contributed by atoms with Crippen LogP contribution in [-0.2, 0) is 4.79 Å². The maximum Gasteiger partial charge on any atom is 0.236 e. The summed E-state index contributed by atoms with van der Waals surface area (Å²) in [5.41, 5.74) is 0. The Balaban J connectivity index is 2.39. The van der Waals surface area contributed by atoms with Crippen molar-refractivity contribution in [1.29, 1.82) is 0 Å². The molecule has 1 aliphatic heterocycles. The molecular formula is C10H16N2O. The van der Waals surface area contributed by atoms with Crippen LogP contribution in [0.15, 0.2) is 0 Å². The molecule has 0 saturated carbocycles. The fraction of sp³-hybridized carbons (Fsp3) is 0.700. The van der Waals surface area contributed by atoms with Crippen molar-refractivity contribution >= 4 is 5.91 Å². The first-order valence-electron chi connectivity index (χ1n) is 4.67. The lowest BCUT2D eigenvalue weighted by atomic mass is 10.3. The third kappa shape index (κ3) is 2.74. The van der Waals surface area contributed by atoms with E-state index in [1.54, 1.807) is 0 Å². The van der Waals surface area contributed by atoms with E-state index in [0.717, 1.165) is 26.2 Å². The van der Waals surface area contributed by atoms with Gasteiger partial charge in [0.2, 0.25) is 5.91 Å². The molecule has 0 spiro atoms. The smallest absolute Gasteiger partial charge is 0.236 e. The van der Waals surface area contributed by atoms with E-state index < -0.39 is 0 Å². The lowest BCUT2D eigenvalue weighted by Gasteiger charge is -2.32. The summed E-state index contributed by atoms with van der Waals surface area (Å²) >= 11 is 0. The highest BCUT2D eigenvalue weighted by Gasteiger charge is 2.21. The van der Waals surface area contributed by atoms with Crippen LogP contribution in [0.25, 0.3) is 0 Å². The van der Waals surface area contributed by atoms with Crippen molar-refractivity contribution in [1.82, 2.24) is 9.80 Å². The first kappa shape index (κ1) is 10.1. The molecule has 0 atom stereocenters. The standard InChI is InChI=1S/C10H16N2O/c1-3-5-6-11-7-8-12(4-2)10(13)9-11/h4,6-9H2,1-2H3. The molecule has 1 heterocycles. The number of carbonyl (C=O) groups is 1. The van der Waals surface area contributed by atoms with Crippen LogP contribution in [0.5, 0.6) is 0 Å². The van der Waals surface area contributed by atoms with Crippen LogP contribution >= 0.6 is 0 Å². The van der Waals surface area contributed by atoms with Crippen molar-refractivity contribution in [2.75, 3.05) is 32.7 Å². The van der Waals surface area contributed by atoms with Crippen LogP contribution in [-0.4, -0.2) is 48.4 Å². The van der Waals surface area contributed by atoms with E-state index in [1.807, 2.05) is 18.7 Å². The Bertz CT molecular complexity index is 239. The Morgan fingerprint density at radius 2 is 2.23 bits per heavy atom. The van der Waals surface area contributed by atoms with Gasteiger partial charge in [-0.1, -0.05) is 5.92 Å². The first-order valence-corrected chi connectivity index (χ1v) is 4.67. The lowest BCUT2D eigenvalue weighted by molar-refractivity contribution is -0.135. The third-order valence-electron chi connectivity index (χ3n) is 2.26. The molecule has 3 heteroatoms. The highest BCUT2D eigenvalue weighted by atomic mass is 16.2. The topological polar surface area (TPSA) is 23.6 Å². The normalized spacial score (nSPS) is 18.3. The molecule has 0 N–H and O–H groups in total. The summed E-state index contributed by atoms with van der Waals surface area (Å²) in [4.78, 5) is 15.4. The van der Waals surface area contributed by atoms with Gasteiger partial charge in [-0.15, -0.1) is 5.92 Å². The molecule has 0 aromatic carbocycles. The van der Waals surface area contributed by atoms with E-state index in [0.29, 0.717) is 6.54 Å². The fourth-order valence-corrected chi connectivity index (χ4v) is 1.42. The zero-order chi connectivity index (χ0) is 9.68. The van der Waals surface area contributed by atoms with E-state index in [4.69, 9.17) is 0 Å². The summed E-state index contributed by atoms with van der Waals surface area (Å²) in [6, 6.07) is 0. The van der Waals surface area contributed by atoms with Gasteiger partial charge in [0.1, 0.15) is 0 Å². The number of likely N-dealkylation sites (N-methyl/N-ethyl adjacent to an activating group) is 1. The second-order valence-electron chi connectivity index (χ2n) is 3.11. The predicted molar refractivity (Wildman–Crippen MR) is 52.1 cm³/mol. The van der Waals surface area contributed by atoms with E-state index in [1.165, 1.54) is 0 Å². The van der Waals surface area contributed by atoms with Crippen molar-refractivity contribution in [2.45, 2.75) is 13.8 Å². The van der Waals surface area contributed by atoms with Crippen LogP contribution in [0.2, 0.25) is 0 Å². The summed E-state index contributed by atoms with van der Waals surface area (Å²) in [7, 11) is 0. The molecular weight excluding hydrogens is 164 g/mol. The van der Waals surface area contributed by atoms with Crippen molar-refractivity contribution in [3.05, 3.63) is 0 Å². The number of hydrogen-bond acceptors (Lipinski definition) is 2. The summed E-state index contributed by atoms with van der Waals surface area (Å²) in [6.45, 7) is 7.72. The number of rotatable bonds is 2. The van der Waals surface area contributed by atoms with E-state index in [-0.39, 0.29) is 5.91 Å². The molecule has 3 nitrogen and oxygen atoms in total. The molecule has 0 bridgehead atoms. The van der Waals surface area contributed by atoms with Gasteiger partial charge in [0, 0.05) is 19.6 Å². The zero-order valence-electron chi connectivity index (χ0n) is 8.34. The second kappa shape index (κ2) is 4.88. The maximum atomic E-state index is 11.4. The lowest BCUT2D eigenvalue weighted by Crippen LogP contribution is -2.50. The zero-order valence-corrected chi connectivity index (χ0v) is 8.34. The SMILES string of the molecule is CC#CCN1CCN(CC)C(=O)C1. The van der Waals surface area contributed by atoms with E-state index in [2.05, 4.69) is 16.7 Å².